The van der Waals surface area contributed by atoms with Crippen molar-refractivity contribution < 1.29 is 0 Å². The second kappa shape index (κ2) is 4.66. The maximum atomic E-state index is 2.29. The molecule has 0 aromatic heterocycles. The van der Waals surface area contributed by atoms with E-state index in [1.165, 1.54) is 27.5 Å². The molecule has 0 amide bonds. The summed E-state index contributed by atoms with van der Waals surface area (Å²) in [6.45, 7) is 2.14. The van der Waals surface area contributed by atoms with Crippen molar-refractivity contribution in [3.63, 3.8) is 0 Å². The van der Waals surface area contributed by atoms with Crippen LogP contribution in [0.25, 0.3) is 10.8 Å². The third-order valence-electron chi connectivity index (χ3n) is 3.30. The lowest BCUT2D eigenvalue weighted by molar-refractivity contribution is 1.19. The average Bonchev–Trinajstić information content (AvgIpc) is 2.39. The summed E-state index contributed by atoms with van der Waals surface area (Å²) in [5, 5.41) is 2.63. The van der Waals surface area contributed by atoms with Crippen molar-refractivity contribution >= 4 is 10.8 Å². The van der Waals surface area contributed by atoms with Gasteiger partial charge in [0.1, 0.15) is 0 Å². The Labute approximate surface area is 108 Å². The van der Waals surface area contributed by atoms with Gasteiger partial charge in [0.25, 0.3) is 0 Å². The molecule has 3 aromatic rings. The first-order valence-corrected chi connectivity index (χ1v) is 6.34. The van der Waals surface area contributed by atoms with Crippen LogP contribution in [0, 0.1) is 6.92 Å². The molecule has 88 valence electrons. The molecule has 0 unspecified atom stereocenters. The third kappa shape index (κ3) is 2.28. The maximum absolute atomic E-state index is 2.29. The van der Waals surface area contributed by atoms with Crippen LogP contribution in [0.15, 0.2) is 66.7 Å². The predicted molar refractivity (Wildman–Crippen MR) is 77.9 cm³/mol. The van der Waals surface area contributed by atoms with Crippen molar-refractivity contribution in [3.05, 3.63) is 83.4 Å². The molecule has 0 heteroatoms. The molecule has 0 heterocycles. The number of aryl methyl sites for hydroxylation is 1. The van der Waals surface area contributed by atoms with Crippen molar-refractivity contribution in [2.24, 2.45) is 0 Å². The van der Waals surface area contributed by atoms with E-state index >= 15 is 0 Å². The SMILES string of the molecule is Cc1cccc(Cc2ccc3ccccc3c2)c1. The van der Waals surface area contributed by atoms with Crippen LogP contribution < -0.4 is 0 Å². The summed E-state index contributed by atoms with van der Waals surface area (Å²) in [7, 11) is 0. The number of fused-ring (bicyclic) bond motifs is 1. The highest BCUT2D eigenvalue weighted by Gasteiger charge is 1.98. The zero-order chi connectivity index (χ0) is 12.4. The van der Waals surface area contributed by atoms with E-state index in [2.05, 4.69) is 73.7 Å². The second-order valence-corrected chi connectivity index (χ2v) is 4.85. The molecule has 0 atom stereocenters. The number of hydrogen-bond acceptors (Lipinski definition) is 0. The molecule has 0 nitrogen and oxygen atoms in total. The average molecular weight is 232 g/mol. The molecule has 0 radical (unpaired) electrons. The summed E-state index contributed by atoms with van der Waals surface area (Å²) >= 11 is 0. The standard InChI is InChI=1S/C18H16/c1-14-5-4-6-15(11-14)12-16-9-10-17-7-2-3-8-18(17)13-16/h2-11,13H,12H2,1H3. The van der Waals surface area contributed by atoms with E-state index in [0.717, 1.165) is 6.42 Å². The minimum absolute atomic E-state index is 1.01. The molecule has 0 N–H and O–H groups in total. The fourth-order valence-electron chi connectivity index (χ4n) is 2.41. The molecule has 0 spiro atoms. The van der Waals surface area contributed by atoms with Crippen LogP contribution >= 0.6 is 0 Å². The summed E-state index contributed by atoms with van der Waals surface area (Å²) in [5.41, 5.74) is 4.08. The van der Waals surface area contributed by atoms with Gasteiger partial charge in [0, 0.05) is 0 Å². The summed E-state index contributed by atoms with van der Waals surface area (Å²) in [6.07, 6.45) is 1.01. The zero-order valence-corrected chi connectivity index (χ0v) is 10.6. The minimum Gasteiger partial charge on any atom is -0.0617 e. The normalized spacial score (nSPS) is 10.7. The Bertz CT molecular complexity index is 680. The van der Waals surface area contributed by atoms with Crippen LogP contribution in [0.3, 0.4) is 0 Å². The van der Waals surface area contributed by atoms with Gasteiger partial charge < -0.3 is 0 Å². The van der Waals surface area contributed by atoms with Gasteiger partial charge in [-0.3, -0.25) is 0 Å². The molecule has 0 aliphatic rings. The van der Waals surface area contributed by atoms with Crippen LogP contribution in [0.4, 0.5) is 0 Å². The van der Waals surface area contributed by atoms with Crippen molar-refractivity contribution in [1.82, 2.24) is 0 Å². The first-order chi connectivity index (χ1) is 8.81. The highest BCUT2D eigenvalue weighted by atomic mass is 14.0. The first kappa shape index (κ1) is 11.0. The van der Waals surface area contributed by atoms with Crippen LogP contribution in [0.2, 0.25) is 0 Å². The van der Waals surface area contributed by atoms with E-state index < -0.39 is 0 Å². The van der Waals surface area contributed by atoms with Gasteiger partial charge in [-0.05, 0) is 35.2 Å². The first-order valence-electron chi connectivity index (χ1n) is 6.34. The van der Waals surface area contributed by atoms with Crippen LogP contribution in [0.5, 0.6) is 0 Å². The Morgan fingerprint density at radius 2 is 1.44 bits per heavy atom. The largest absolute Gasteiger partial charge is 0.0617 e. The molecule has 0 fully saturated rings. The smallest absolute Gasteiger partial charge is 0.00255 e. The summed E-state index contributed by atoms with van der Waals surface area (Å²) in [5.74, 6) is 0. The highest BCUT2D eigenvalue weighted by Crippen LogP contribution is 2.18. The van der Waals surface area contributed by atoms with Gasteiger partial charge in [-0.2, -0.15) is 0 Å². The van der Waals surface area contributed by atoms with Gasteiger partial charge in [-0.25, -0.2) is 0 Å². The quantitative estimate of drug-likeness (QED) is 0.598. The molecular weight excluding hydrogens is 216 g/mol. The second-order valence-electron chi connectivity index (χ2n) is 4.85. The van der Waals surface area contributed by atoms with Crippen molar-refractivity contribution in [2.75, 3.05) is 0 Å². The molecular formula is C18H16. The van der Waals surface area contributed by atoms with Gasteiger partial charge in [-0.1, -0.05) is 72.3 Å². The van der Waals surface area contributed by atoms with Gasteiger partial charge in [0.15, 0.2) is 0 Å². The lowest BCUT2D eigenvalue weighted by Gasteiger charge is -2.05. The van der Waals surface area contributed by atoms with Crippen LogP contribution in [0.1, 0.15) is 16.7 Å². The molecule has 3 rings (SSSR count). The van der Waals surface area contributed by atoms with Crippen molar-refractivity contribution in [2.45, 2.75) is 13.3 Å². The summed E-state index contributed by atoms with van der Waals surface area (Å²) in [6, 6.07) is 24.0. The molecule has 0 aliphatic carbocycles. The van der Waals surface area contributed by atoms with E-state index in [1.807, 2.05) is 0 Å². The monoisotopic (exact) mass is 232 g/mol. The Morgan fingerprint density at radius 1 is 0.667 bits per heavy atom. The summed E-state index contributed by atoms with van der Waals surface area (Å²) in [4.78, 5) is 0. The van der Waals surface area contributed by atoms with Crippen molar-refractivity contribution in [1.29, 1.82) is 0 Å². The van der Waals surface area contributed by atoms with E-state index in [-0.39, 0.29) is 0 Å². The fourth-order valence-corrected chi connectivity index (χ4v) is 2.41. The lowest BCUT2D eigenvalue weighted by Crippen LogP contribution is -1.88. The highest BCUT2D eigenvalue weighted by molar-refractivity contribution is 5.83. The fraction of sp³-hybridized carbons (Fsp3) is 0.111. The molecule has 3 aromatic carbocycles. The molecule has 0 aliphatic heterocycles. The van der Waals surface area contributed by atoms with Crippen molar-refractivity contribution in [3.8, 4) is 0 Å². The van der Waals surface area contributed by atoms with Gasteiger partial charge >= 0.3 is 0 Å². The molecule has 0 bridgehead atoms. The van der Waals surface area contributed by atoms with Crippen LogP contribution in [-0.2, 0) is 6.42 Å². The number of hydrogen-bond donors (Lipinski definition) is 0. The Hall–Kier alpha value is -2.08. The Balaban J connectivity index is 1.95. The van der Waals surface area contributed by atoms with E-state index in [1.54, 1.807) is 0 Å². The minimum atomic E-state index is 1.01. The Kier molecular flexibility index (Phi) is 2.85. The predicted octanol–water partition coefficient (Wildman–Crippen LogP) is 4.74. The van der Waals surface area contributed by atoms with Crippen LogP contribution in [-0.4, -0.2) is 0 Å². The van der Waals surface area contributed by atoms with Gasteiger partial charge in [0.05, 0.1) is 0 Å². The number of benzene rings is 3. The Morgan fingerprint density at radius 3 is 2.28 bits per heavy atom. The zero-order valence-electron chi connectivity index (χ0n) is 10.6. The topological polar surface area (TPSA) is 0 Å². The van der Waals surface area contributed by atoms with Gasteiger partial charge in [-0.15, -0.1) is 0 Å². The molecule has 0 saturated heterocycles. The van der Waals surface area contributed by atoms with E-state index in [0.29, 0.717) is 0 Å². The molecule has 18 heavy (non-hydrogen) atoms. The van der Waals surface area contributed by atoms with E-state index in [4.69, 9.17) is 0 Å². The summed E-state index contributed by atoms with van der Waals surface area (Å²) < 4.78 is 0. The maximum Gasteiger partial charge on any atom is -0.00255 e. The van der Waals surface area contributed by atoms with Gasteiger partial charge in [0.2, 0.25) is 0 Å². The lowest BCUT2D eigenvalue weighted by atomic mass is 10.0. The number of rotatable bonds is 2. The third-order valence-corrected chi connectivity index (χ3v) is 3.30. The van der Waals surface area contributed by atoms with E-state index in [9.17, 15) is 0 Å². The molecule has 0 saturated carbocycles.